The van der Waals surface area contributed by atoms with Gasteiger partial charge in [0.1, 0.15) is 5.76 Å². The molecule has 1 amide bonds. The normalized spacial score (nSPS) is 16.8. The van der Waals surface area contributed by atoms with Crippen molar-refractivity contribution in [2.75, 3.05) is 13.2 Å². The van der Waals surface area contributed by atoms with E-state index in [1.165, 1.54) is 0 Å². The molecule has 0 atom stereocenters. The topological polar surface area (TPSA) is 77.5 Å². The fraction of sp³-hybridized carbons (Fsp3) is 0.583. The van der Waals surface area contributed by atoms with Crippen molar-refractivity contribution in [2.24, 2.45) is 5.84 Å². The van der Waals surface area contributed by atoms with Crippen LogP contribution in [0.5, 0.6) is 0 Å². The third kappa shape index (κ3) is 3.28. The minimum Gasteiger partial charge on any atom is -0.455 e. The van der Waals surface area contributed by atoms with E-state index < -0.39 is 0 Å². The van der Waals surface area contributed by atoms with Crippen LogP contribution in [-0.2, 0) is 10.5 Å². The number of carbonyl (C=O) groups excluding carboxylic acids is 1. The maximum absolute atomic E-state index is 11.4. The van der Waals surface area contributed by atoms with Gasteiger partial charge in [0.05, 0.1) is 5.75 Å². The first-order valence-corrected chi connectivity index (χ1v) is 7.05. The highest BCUT2D eigenvalue weighted by Crippen LogP contribution is 2.27. The second-order valence-corrected chi connectivity index (χ2v) is 5.61. The summed E-state index contributed by atoms with van der Waals surface area (Å²) >= 11 is 1.86. The standard InChI is InChI=1S/C12H18N2O3S/c1-8-6-9(17-11(8)12(15)14-13)7-18-10-2-4-16-5-3-10/h6,10H,2-5,7,13H2,1H3,(H,14,15). The van der Waals surface area contributed by atoms with Gasteiger partial charge in [-0.1, -0.05) is 0 Å². The van der Waals surface area contributed by atoms with Crippen LogP contribution in [0.3, 0.4) is 0 Å². The number of aryl methyl sites for hydroxylation is 1. The Bertz CT molecular complexity index is 413. The number of carbonyl (C=O) groups is 1. The van der Waals surface area contributed by atoms with E-state index in [0.717, 1.165) is 43.1 Å². The van der Waals surface area contributed by atoms with Gasteiger partial charge in [0.2, 0.25) is 0 Å². The highest BCUT2D eigenvalue weighted by atomic mass is 32.2. The molecule has 1 aromatic rings. The smallest absolute Gasteiger partial charge is 0.301 e. The Morgan fingerprint density at radius 3 is 2.94 bits per heavy atom. The van der Waals surface area contributed by atoms with Gasteiger partial charge in [-0.2, -0.15) is 11.8 Å². The van der Waals surface area contributed by atoms with Gasteiger partial charge in [0.25, 0.3) is 0 Å². The lowest BCUT2D eigenvalue weighted by Crippen LogP contribution is -2.30. The first-order valence-electron chi connectivity index (χ1n) is 6.00. The molecule has 18 heavy (non-hydrogen) atoms. The number of thioether (sulfide) groups is 1. The highest BCUT2D eigenvalue weighted by molar-refractivity contribution is 7.99. The average molecular weight is 270 g/mol. The van der Waals surface area contributed by atoms with E-state index in [-0.39, 0.29) is 5.91 Å². The first-order chi connectivity index (χ1) is 8.70. The molecule has 1 aromatic heterocycles. The molecule has 0 radical (unpaired) electrons. The molecule has 6 heteroatoms. The lowest BCUT2D eigenvalue weighted by atomic mass is 10.2. The maximum atomic E-state index is 11.4. The number of rotatable bonds is 4. The molecule has 0 unspecified atom stereocenters. The minimum absolute atomic E-state index is 0.306. The molecule has 0 spiro atoms. The van der Waals surface area contributed by atoms with Crippen molar-refractivity contribution in [3.8, 4) is 0 Å². The molecule has 2 heterocycles. The molecule has 0 aromatic carbocycles. The third-order valence-electron chi connectivity index (χ3n) is 2.94. The Morgan fingerprint density at radius 2 is 2.28 bits per heavy atom. The van der Waals surface area contributed by atoms with Crippen LogP contribution in [0, 0.1) is 6.92 Å². The number of amides is 1. The molecule has 5 nitrogen and oxygen atoms in total. The lowest BCUT2D eigenvalue weighted by Gasteiger charge is -2.20. The van der Waals surface area contributed by atoms with Crippen molar-refractivity contribution < 1.29 is 13.9 Å². The summed E-state index contributed by atoms with van der Waals surface area (Å²) in [6.07, 6.45) is 2.17. The monoisotopic (exact) mass is 270 g/mol. The Kier molecular flexibility index (Phi) is 4.68. The van der Waals surface area contributed by atoms with Crippen LogP contribution < -0.4 is 11.3 Å². The van der Waals surface area contributed by atoms with Gasteiger partial charge >= 0.3 is 5.91 Å². The predicted octanol–water partition coefficient (Wildman–Crippen LogP) is 1.60. The largest absolute Gasteiger partial charge is 0.455 e. The summed E-state index contributed by atoms with van der Waals surface area (Å²) in [7, 11) is 0. The Balaban J connectivity index is 1.91. The zero-order valence-corrected chi connectivity index (χ0v) is 11.2. The molecule has 0 saturated carbocycles. The molecule has 1 aliphatic heterocycles. The zero-order chi connectivity index (χ0) is 13.0. The number of hydrogen-bond acceptors (Lipinski definition) is 5. The predicted molar refractivity (Wildman–Crippen MR) is 70.2 cm³/mol. The summed E-state index contributed by atoms with van der Waals surface area (Å²) in [6.45, 7) is 3.53. The van der Waals surface area contributed by atoms with Crippen LogP contribution >= 0.6 is 11.8 Å². The number of ether oxygens (including phenoxy) is 1. The second-order valence-electron chi connectivity index (χ2n) is 4.32. The summed E-state index contributed by atoms with van der Waals surface area (Å²) in [5.41, 5.74) is 2.90. The lowest BCUT2D eigenvalue weighted by molar-refractivity contribution is 0.0923. The van der Waals surface area contributed by atoms with Gasteiger partial charge in [-0.3, -0.25) is 10.2 Å². The quantitative estimate of drug-likeness (QED) is 0.494. The van der Waals surface area contributed by atoms with Crippen LogP contribution in [0.15, 0.2) is 10.5 Å². The van der Waals surface area contributed by atoms with Gasteiger partial charge in [0, 0.05) is 24.0 Å². The summed E-state index contributed by atoms with van der Waals surface area (Å²) in [5.74, 6) is 6.62. The molecule has 1 saturated heterocycles. The summed E-state index contributed by atoms with van der Waals surface area (Å²) < 4.78 is 10.8. The number of nitrogens with two attached hydrogens (primary N) is 1. The Hall–Kier alpha value is -0.980. The van der Waals surface area contributed by atoms with Crippen molar-refractivity contribution in [3.05, 3.63) is 23.2 Å². The summed E-state index contributed by atoms with van der Waals surface area (Å²) in [5, 5.41) is 0.621. The minimum atomic E-state index is -0.380. The van der Waals surface area contributed by atoms with E-state index in [4.69, 9.17) is 15.0 Å². The van der Waals surface area contributed by atoms with E-state index in [2.05, 4.69) is 5.43 Å². The van der Waals surface area contributed by atoms with E-state index in [0.29, 0.717) is 11.0 Å². The van der Waals surface area contributed by atoms with Gasteiger partial charge in [-0.15, -0.1) is 0 Å². The van der Waals surface area contributed by atoms with E-state index in [1.807, 2.05) is 24.8 Å². The maximum Gasteiger partial charge on any atom is 0.301 e. The summed E-state index contributed by atoms with van der Waals surface area (Å²) in [4.78, 5) is 11.4. The average Bonchev–Trinajstić information content (AvgIpc) is 2.78. The molecule has 0 aliphatic carbocycles. The third-order valence-corrected chi connectivity index (χ3v) is 4.33. The van der Waals surface area contributed by atoms with Gasteiger partial charge < -0.3 is 9.15 Å². The molecule has 100 valence electrons. The SMILES string of the molecule is Cc1cc(CSC2CCOCC2)oc1C(=O)NN. The van der Waals surface area contributed by atoms with Crippen LogP contribution in [-0.4, -0.2) is 24.4 Å². The van der Waals surface area contributed by atoms with E-state index in [9.17, 15) is 4.79 Å². The zero-order valence-electron chi connectivity index (χ0n) is 10.4. The van der Waals surface area contributed by atoms with E-state index in [1.54, 1.807) is 0 Å². The molecular weight excluding hydrogens is 252 g/mol. The van der Waals surface area contributed by atoms with Gasteiger partial charge in [0.15, 0.2) is 5.76 Å². The number of hydrogen-bond donors (Lipinski definition) is 2. The first kappa shape index (κ1) is 13.5. The number of furan rings is 1. The van der Waals surface area contributed by atoms with Crippen molar-refractivity contribution in [2.45, 2.75) is 30.8 Å². The molecule has 1 aliphatic rings. The fourth-order valence-electron chi connectivity index (χ4n) is 1.95. The number of nitrogens with one attached hydrogen (secondary N) is 1. The van der Waals surface area contributed by atoms with E-state index >= 15 is 0 Å². The molecular formula is C12H18N2O3S. The van der Waals surface area contributed by atoms with Crippen molar-refractivity contribution in [1.29, 1.82) is 0 Å². The molecule has 0 bridgehead atoms. The van der Waals surface area contributed by atoms with Crippen LogP contribution in [0.4, 0.5) is 0 Å². The Labute approximate surface area is 110 Å². The van der Waals surface area contributed by atoms with Crippen LogP contribution in [0.1, 0.15) is 34.7 Å². The van der Waals surface area contributed by atoms with Crippen LogP contribution in [0.2, 0.25) is 0 Å². The number of nitrogen functional groups attached to an aromatic ring is 1. The Morgan fingerprint density at radius 1 is 1.56 bits per heavy atom. The van der Waals surface area contributed by atoms with Crippen molar-refractivity contribution in [1.82, 2.24) is 5.43 Å². The molecule has 1 fully saturated rings. The molecule has 3 N–H and O–H groups in total. The van der Waals surface area contributed by atoms with Crippen molar-refractivity contribution in [3.63, 3.8) is 0 Å². The molecule has 2 rings (SSSR count). The van der Waals surface area contributed by atoms with Crippen molar-refractivity contribution >= 4 is 17.7 Å². The van der Waals surface area contributed by atoms with Gasteiger partial charge in [-0.05, 0) is 25.8 Å². The number of hydrazine groups is 1. The fourth-order valence-corrected chi connectivity index (χ4v) is 3.02. The highest BCUT2D eigenvalue weighted by Gasteiger charge is 2.17. The summed E-state index contributed by atoms with van der Waals surface area (Å²) in [6, 6.07) is 1.90. The second kappa shape index (κ2) is 6.26. The van der Waals surface area contributed by atoms with Gasteiger partial charge in [-0.25, -0.2) is 5.84 Å². The van der Waals surface area contributed by atoms with Crippen LogP contribution in [0.25, 0.3) is 0 Å².